The number of halogens is 1. The Balaban J connectivity index is 0.000000720. The first-order valence-corrected chi connectivity index (χ1v) is 4.79. The van der Waals surface area contributed by atoms with Crippen LogP contribution in [-0.2, 0) is 0 Å². The van der Waals surface area contributed by atoms with Gasteiger partial charge in [-0.25, -0.2) is 0 Å². The maximum absolute atomic E-state index is 9.68. The largest absolute Gasteiger partial charge is 1.00 e. The van der Waals surface area contributed by atoms with Gasteiger partial charge < -0.3 is 26.6 Å². The van der Waals surface area contributed by atoms with E-state index >= 15 is 0 Å². The number of piperidine rings is 3. The first-order chi connectivity index (χ1) is 5.26. The third-order valence-corrected chi connectivity index (χ3v) is 3.74. The standard InChI is InChI=1S/C9H18NO.BrH/c1-2-10-5-3-8(4-6-10)9(11)7-10;/h8-9,11H,2-7H2,1H3;1H/q+1;/p-1. The number of nitrogens with zero attached hydrogens (tertiary/aromatic N) is 1. The van der Waals surface area contributed by atoms with Gasteiger partial charge in [-0.15, -0.1) is 0 Å². The molecule has 0 radical (unpaired) electrons. The third-order valence-electron chi connectivity index (χ3n) is 3.74. The van der Waals surface area contributed by atoms with Gasteiger partial charge in [0, 0.05) is 18.8 Å². The molecule has 0 spiro atoms. The van der Waals surface area contributed by atoms with Crippen LogP contribution in [0.3, 0.4) is 0 Å². The number of aliphatic hydroxyl groups excluding tert-OH is 1. The molecule has 72 valence electrons. The van der Waals surface area contributed by atoms with Crippen LogP contribution in [0.4, 0.5) is 0 Å². The molecular weight excluding hydrogens is 218 g/mol. The maximum Gasteiger partial charge on any atom is 0.106 e. The quantitative estimate of drug-likeness (QED) is 0.504. The minimum atomic E-state index is 0. The summed E-state index contributed by atoms with van der Waals surface area (Å²) in [5, 5.41) is 9.68. The Morgan fingerprint density at radius 3 is 2.25 bits per heavy atom. The van der Waals surface area contributed by atoms with Gasteiger partial charge in [-0.3, -0.25) is 0 Å². The molecule has 1 unspecified atom stereocenters. The molecule has 2 nitrogen and oxygen atoms in total. The zero-order valence-electron chi connectivity index (χ0n) is 7.67. The maximum atomic E-state index is 9.68. The molecule has 3 saturated heterocycles. The number of rotatable bonds is 1. The van der Waals surface area contributed by atoms with Crippen molar-refractivity contribution in [3.8, 4) is 0 Å². The fourth-order valence-electron chi connectivity index (χ4n) is 2.69. The molecule has 3 fully saturated rings. The molecule has 3 aliphatic rings. The van der Waals surface area contributed by atoms with E-state index in [2.05, 4.69) is 6.92 Å². The molecule has 0 aromatic rings. The van der Waals surface area contributed by atoms with Crippen molar-refractivity contribution in [2.45, 2.75) is 25.9 Å². The number of fused-ring (bicyclic) bond motifs is 3. The fourth-order valence-corrected chi connectivity index (χ4v) is 2.69. The normalized spacial score (nSPS) is 45.5. The van der Waals surface area contributed by atoms with Crippen molar-refractivity contribution in [3.05, 3.63) is 0 Å². The van der Waals surface area contributed by atoms with Crippen molar-refractivity contribution in [1.29, 1.82) is 0 Å². The van der Waals surface area contributed by atoms with Crippen LogP contribution >= 0.6 is 0 Å². The average Bonchev–Trinajstić information content (AvgIpc) is 2.06. The lowest BCUT2D eigenvalue weighted by Gasteiger charge is -2.50. The van der Waals surface area contributed by atoms with Gasteiger partial charge in [-0.05, 0) is 6.92 Å². The minimum Gasteiger partial charge on any atom is -1.00 e. The van der Waals surface area contributed by atoms with Gasteiger partial charge in [0.1, 0.15) is 12.6 Å². The first-order valence-electron chi connectivity index (χ1n) is 4.79. The number of quaternary nitrogens is 1. The summed E-state index contributed by atoms with van der Waals surface area (Å²) >= 11 is 0. The summed E-state index contributed by atoms with van der Waals surface area (Å²) in [4.78, 5) is 0. The van der Waals surface area contributed by atoms with Crippen LogP contribution in [0.2, 0.25) is 0 Å². The highest BCUT2D eigenvalue weighted by Gasteiger charge is 2.43. The van der Waals surface area contributed by atoms with Crippen molar-refractivity contribution in [3.63, 3.8) is 0 Å². The third kappa shape index (κ3) is 1.54. The average molecular weight is 236 g/mol. The Hall–Kier alpha value is 0.400. The zero-order chi connectivity index (χ0) is 7.90. The molecule has 3 aliphatic heterocycles. The highest BCUT2D eigenvalue weighted by atomic mass is 79.9. The molecule has 3 heteroatoms. The van der Waals surface area contributed by atoms with Crippen LogP contribution < -0.4 is 17.0 Å². The van der Waals surface area contributed by atoms with Gasteiger partial charge in [-0.2, -0.15) is 0 Å². The van der Waals surface area contributed by atoms with Crippen LogP contribution in [-0.4, -0.2) is 41.9 Å². The molecule has 3 heterocycles. The van der Waals surface area contributed by atoms with Crippen LogP contribution in [0.25, 0.3) is 0 Å². The molecule has 1 N–H and O–H groups in total. The van der Waals surface area contributed by atoms with E-state index in [4.69, 9.17) is 0 Å². The van der Waals surface area contributed by atoms with Crippen LogP contribution in [0.5, 0.6) is 0 Å². The number of hydrogen-bond acceptors (Lipinski definition) is 1. The predicted octanol–water partition coefficient (Wildman–Crippen LogP) is -2.39. The highest BCUT2D eigenvalue weighted by molar-refractivity contribution is 4.78. The van der Waals surface area contributed by atoms with Crippen molar-refractivity contribution in [1.82, 2.24) is 0 Å². The molecule has 0 aliphatic carbocycles. The van der Waals surface area contributed by atoms with E-state index in [0.29, 0.717) is 5.92 Å². The van der Waals surface area contributed by atoms with E-state index in [1.807, 2.05) is 0 Å². The molecule has 0 saturated carbocycles. The van der Waals surface area contributed by atoms with Gasteiger partial charge in [0.05, 0.1) is 19.6 Å². The van der Waals surface area contributed by atoms with Gasteiger partial charge in [-0.1, -0.05) is 0 Å². The van der Waals surface area contributed by atoms with Crippen molar-refractivity contribution < 1.29 is 26.6 Å². The Morgan fingerprint density at radius 1 is 1.33 bits per heavy atom. The van der Waals surface area contributed by atoms with Crippen molar-refractivity contribution in [2.75, 3.05) is 26.2 Å². The summed E-state index contributed by atoms with van der Waals surface area (Å²) in [5.41, 5.74) is 0. The second kappa shape index (κ2) is 3.64. The van der Waals surface area contributed by atoms with Gasteiger partial charge >= 0.3 is 0 Å². The molecule has 0 aromatic heterocycles. The number of aliphatic hydroxyl groups is 1. The molecule has 12 heavy (non-hydrogen) atoms. The summed E-state index contributed by atoms with van der Waals surface area (Å²) < 4.78 is 1.19. The zero-order valence-corrected chi connectivity index (χ0v) is 9.26. The first kappa shape index (κ1) is 10.5. The van der Waals surface area contributed by atoms with Gasteiger partial charge in [0.25, 0.3) is 0 Å². The van der Waals surface area contributed by atoms with E-state index in [1.165, 1.54) is 37.0 Å². The highest BCUT2D eigenvalue weighted by Crippen LogP contribution is 2.33. The lowest BCUT2D eigenvalue weighted by atomic mass is 9.83. The van der Waals surface area contributed by atoms with Gasteiger partial charge in [0.15, 0.2) is 0 Å². The summed E-state index contributed by atoms with van der Waals surface area (Å²) in [5.74, 6) is 0.640. The Bertz CT molecular complexity index is 155. The summed E-state index contributed by atoms with van der Waals surface area (Å²) in [7, 11) is 0. The van der Waals surface area contributed by atoms with Crippen LogP contribution in [0, 0.1) is 5.92 Å². The number of likely N-dealkylation sites (N-methyl/N-ethyl adjacent to an activating group) is 1. The van der Waals surface area contributed by atoms with E-state index in [-0.39, 0.29) is 23.1 Å². The van der Waals surface area contributed by atoms with E-state index < -0.39 is 0 Å². The minimum absolute atomic E-state index is 0. The predicted molar refractivity (Wildman–Crippen MR) is 44.1 cm³/mol. The molecule has 1 atom stereocenters. The molecular formula is C9H18BrNO. The topological polar surface area (TPSA) is 20.2 Å². The van der Waals surface area contributed by atoms with Crippen LogP contribution in [0.15, 0.2) is 0 Å². The van der Waals surface area contributed by atoms with E-state index in [1.54, 1.807) is 0 Å². The fraction of sp³-hybridized carbons (Fsp3) is 1.00. The second-order valence-electron chi connectivity index (χ2n) is 4.19. The summed E-state index contributed by atoms with van der Waals surface area (Å²) in [6.45, 7) is 7.12. The monoisotopic (exact) mass is 235 g/mol. The van der Waals surface area contributed by atoms with Gasteiger partial charge in [0.2, 0.25) is 0 Å². The molecule has 3 rings (SSSR count). The Morgan fingerprint density at radius 2 is 1.92 bits per heavy atom. The molecule has 0 amide bonds. The summed E-state index contributed by atoms with van der Waals surface area (Å²) in [6, 6.07) is 0. The lowest BCUT2D eigenvalue weighted by Crippen LogP contribution is -3.00. The Labute approximate surface area is 84.9 Å². The van der Waals surface area contributed by atoms with Crippen molar-refractivity contribution >= 4 is 0 Å². The van der Waals surface area contributed by atoms with E-state index in [0.717, 1.165) is 6.54 Å². The van der Waals surface area contributed by atoms with Crippen molar-refractivity contribution in [2.24, 2.45) is 5.92 Å². The smallest absolute Gasteiger partial charge is 0.106 e. The summed E-state index contributed by atoms with van der Waals surface area (Å²) in [6.07, 6.45) is 2.53. The van der Waals surface area contributed by atoms with E-state index in [9.17, 15) is 5.11 Å². The van der Waals surface area contributed by atoms with Crippen LogP contribution in [0.1, 0.15) is 19.8 Å². The lowest BCUT2D eigenvalue weighted by molar-refractivity contribution is -0.944. The number of hydrogen-bond donors (Lipinski definition) is 1. The Kier molecular flexibility index (Phi) is 3.18. The second-order valence-corrected chi connectivity index (χ2v) is 4.19. The molecule has 2 bridgehead atoms. The SMILES string of the molecule is CC[N+]12CCC(CC1)C(O)C2.[Br-]. The molecule has 0 aromatic carbocycles.